The van der Waals surface area contributed by atoms with Crippen LogP contribution in [0.4, 0.5) is 5.95 Å². The van der Waals surface area contributed by atoms with E-state index in [1.807, 2.05) is 50.7 Å². The molecule has 2 aromatic heterocycles. The summed E-state index contributed by atoms with van der Waals surface area (Å²) in [5.41, 5.74) is 6.35. The first-order valence-corrected chi connectivity index (χ1v) is 7.81. The second-order valence-corrected chi connectivity index (χ2v) is 5.58. The Morgan fingerprint density at radius 3 is 2.71 bits per heavy atom. The second-order valence-electron chi connectivity index (χ2n) is 5.58. The zero-order valence-corrected chi connectivity index (χ0v) is 14.2. The van der Waals surface area contributed by atoms with E-state index in [-0.39, 0.29) is 5.56 Å². The van der Waals surface area contributed by atoms with Gasteiger partial charge in [0.1, 0.15) is 0 Å². The molecule has 0 saturated carbocycles. The summed E-state index contributed by atoms with van der Waals surface area (Å²) in [5, 5.41) is 9.21. The maximum atomic E-state index is 12.5. The SMILES string of the molecule is CCn1c(N/N=C\c2c(C)nn(C)c2C)nc2ccccc2c1=O. The first kappa shape index (κ1) is 15.9. The summed E-state index contributed by atoms with van der Waals surface area (Å²) >= 11 is 0. The number of aromatic nitrogens is 4. The Balaban J connectivity index is 1.98. The maximum absolute atomic E-state index is 12.5. The summed E-state index contributed by atoms with van der Waals surface area (Å²) in [6.07, 6.45) is 1.71. The lowest BCUT2D eigenvalue weighted by Gasteiger charge is -2.10. The molecule has 1 aromatic carbocycles. The number of nitrogens with zero attached hydrogens (tertiary/aromatic N) is 5. The van der Waals surface area contributed by atoms with E-state index in [0.29, 0.717) is 23.4 Å². The van der Waals surface area contributed by atoms with Crippen LogP contribution >= 0.6 is 0 Å². The minimum absolute atomic E-state index is 0.0745. The largest absolute Gasteiger partial charge is 0.277 e. The second kappa shape index (κ2) is 6.27. The molecule has 0 spiro atoms. The van der Waals surface area contributed by atoms with Gasteiger partial charge in [-0.2, -0.15) is 10.2 Å². The van der Waals surface area contributed by atoms with Crippen molar-refractivity contribution in [3.63, 3.8) is 0 Å². The number of para-hydroxylation sites is 1. The lowest BCUT2D eigenvalue weighted by molar-refractivity contribution is 0.724. The molecule has 3 aromatic rings. The summed E-state index contributed by atoms with van der Waals surface area (Å²) in [4.78, 5) is 17.0. The number of nitrogens with one attached hydrogen (secondary N) is 1. The normalized spacial score (nSPS) is 11.5. The van der Waals surface area contributed by atoms with Gasteiger partial charge in [0.05, 0.1) is 22.8 Å². The van der Waals surface area contributed by atoms with Gasteiger partial charge >= 0.3 is 0 Å². The molecule has 0 fully saturated rings. The van der Waals surface area contributed by atoms with Gasteiger partial charge in [-0.1, -0.05) is 12.1 Å². The predicted octanol–water partition coefficient (Wildman–Crippen LogP) is 2.21. The van der Waals surface area contributed by atoms with Gasteiger partial charge in [0.2, 0.25) is 5.95 Å². The Bertz CT molecular complexity index is 983. The number of aryl methyl sites for hydroxylation is 2. The number of benzene rings is 1. The molecule has 0 amide bonds. The van der Waals surface area contributed by atoms with Crippen molar-refractivity contribution >= 4 is 23.1 Å². The Kier molecular flexibility index (Phi) is 4.16. The molecule has 0 aliphatic heterocycles. The number of anilines is 1. The van der Waals surface area contributed by atoms with E-state index in [9.17, 15) is 4.79 Å². The number of hydrogen-bond acceptors (Lipinski definition) is 5. The average molecular weight is 324 g/mol. The maximum Gasteiger partial charge on any atom is 0.262 e. The summed E-state index contributed by atoms with van der Waals surface area (Å²) in [7, 11) is 1.90. The van der Waals surface area contributed by atoms with Crippen LogP contribution in [-0.4, -0.2) is 25.5 Å². The lowest BCUT2D eigenvalue weighted by Crippen LogP contribution is -2.23. The smallest absolute Gasteiger partial charge is 0.262 e. The van der Waals surface area contributed by atoms with Crippen molar-refractivity contribution in [1.82, 2.24) is 19.3 Å². The number of hydrazone groups is 1. The summed E-state index contributed by atoms with van der Waals surface area (Å²) in [5.74, 6) is 0.427. The molecule has 0 atom stereocenters. The van der Waals surface area contributed by atoms with Gasteiger partial charge in [0, 0.05) is 24.8 Å². The topological polar surface area (TPSA) is 77.1 Å². The highest BCUT2D eigenvalue weighted by atomic mass is 16.1. The van der Waals surface area contributed by atoms with Crippen LogP contribution in [0, 0.1) is 13.8 Å². The monoisotopic (exact) mass is 324 g/mol. The molecule has 24 heavy (non-hydrogen) atoms. The predicted molar refractivity (Wildman–Crippen MR) is 95.6 cm³/mol. The molecule has 1 N–H and O–H groups in total. The molecular weight excluding hydrogens is 304 g/mol. The fourth-order valence-corrected chi connectivity index (χ4v) is 2.68. The van der Waals surface area contributed by atoms with Crippen molar-refractivity contribution in [3.05, 3.63) is 51.6 Å². The number of hydrogen-bond donors (Lipinski definition) is 1. The van der Waals surface area contributed by atoms with Crippen molar-refractivity contribution in [2.75, 3.05) is 5.43 Å². The van der Waals surface area contributed by atoms with Crippen LogP contribution in [0.5, 0.6) is 0 Å². The number of rotatable bonds is 4. The Labute approximate surface area is 139 Å². The summed E-state index contributed by atoms with van der Waals surface area (Å²) in [6, 6.07) is 7.30. The van der Waals surface area contributed by atoms with Crippen molar-refractivity contribution in [1.29, 1.82) is 0 Å². The molecule has 7 heteroatoms. The summed E-state index contributed by atoms with van der Waals surface area (Å²) in [6.45, 7) is 6.34. The van der Waals surface area contributed by atoms with E-state index in [2.05, 4.69) is 20.6 Å². The van der Waals surface area contributed by atoms with Crippen molar-refractivity contribution in [3.8, 4) is 0 Å². The Morgan fingerprint density at radius 2 is 2.04 bits per heavy atom. The summed E-state index contributed by atoms with van der Waals surface area (Å²) < 4.78 is 3.38. The van der Waals surface area contributed by atoms with Crippen LogP contribution in [0.2, 0.25) is 0 Å². The standard InChI is InChI=1S/C17H20N6O/c1-5-23-16(24)13-8-6-7-9-15(13)19-17(23)20-18-10-14-11(2)21-22(4)12(14)3/h6-10H,5H2,1-4H3,(H,19,20)/b18-10-. The van der Waals surface area contributed by atoms with Crippen LogP contribution in [0.25, 0.3) is 10.9 Å². The highest BCUT2D eigenvalue weighted by Gasteiger charge is 2.09. The van der Waals surface area contributed by atoms with Gasteiger partial charge in [-0.3, -0.25) is 14.0 Å². The van der Waals surface area contributed by atoms with E-state index in [1.54, 1.807) is 16.8 Å². The highest BCUT2D eigenvalue weighted by Crippen LogP contribution is 2.12. The molecule has 7 nitrogen and oxygen atoms in total. The third-order valence-electron chi connectivity index (χ3n) is 4.10. The highest BCUT2D eigenvalue weighted by molar-refractivity contribution is 5.83. The van der Waals surface area contributed by atoms with E-state index < -0.39 is 0 Å². The zero-order chi connectivity index (χ0) is 17.3. The molecule has 0 saturated heterocycles. The van der Waals surface area contributed by atoms with Gasteiger partial charge in [0.15, 0.2) is 0 Å². The number of fused-ring (bicyclic) bond motifs is 1. The molecule has 0 radical (unpaired) electrons. The Hall–Kier alpha value is -2.96. The fraction of sp³-hybridized carbons (Fsp3) is 0.294. The van der Waals surface area contributed by atoms with Gasteiger partial charge in [-0.05, 0) is 32.9 Å². The molecule has 2 heterocycles. The molecule has 0 aliphatic carbocycles. The third-order valence-corrected chi connectivity index (χ3v) is 4.10. The molecule has 0 unspecified atom stereocenters. The van der Waals surface area contributed by atoms with Gasteiger partial charge in [-0.25, -0.2) is 10.4 Å². The fourth-order valence-electron chi connectivity index (χ4n) is 2.68. The van der Waals surface area contributed by atoms with Crippen LogP contribution in [0.15, 0.2) is 34.2 Å². The molecule has 0 aliphatic rings. The minimum atomic E-state index is -0.0745. The van der Waals surface area contributed by atoms with Crippen LogP contribution in [0.3, 0.4) is 0 Å². The molecule has 124 valence electrons. The van der Waals surface area contributed by atoms with Crippen molar-refractivity contribution in [2.45, 2.75) is 27.3 Å². The van der Waals surface area contributed by atoms with Crippen LogP contribution < -0.4 is 11.0 Å². The van der Waals surface area contributed by atoms with E-state index >= 15 is 0 Å². The molecule has 0 bridgehead atoms. The lowest BCUT2D eigenvalue weighted by atomic mass is 10.2. The van der Waals surface area contributed by atoms with Crippen LogP contribution in [-0.2, 0) is 13.6 Å². The van der Waals surface area contributed by atoms with Crippen LogP contribution in [0.1, 0.15) is 23.9 Å². The quantitative estimate of drug-likeness (QED) is 0.589. The van der Waals surface area contributed by atoms with Gasteiger partial charge in [-0.15, -0.1) is 0 Å². The van der Waals surface area contributed by atoms with Crippen molar-refractivity contribution in [2.24, 2.45) is 12.1 Å². The first-order valence-electron chi connectivity index (χ1n) is 7.81. The Morgan fingerprint density at radius 1 is 1.29 bits per heavy atom. The minimum Gasteiger partial charge on any atom is -0.277 e. The zero-order valence-electron chi connectivity index (χ0n) is 14.2. The van der Waals surface area contributed by atoms with E-state index in [4.69, 9.17) is 0 Å². The molecule has 3 rings (SSSR count). The van der Waals surface area contributed by atoms with E-state index in [1.165, 1.54) is 0 Å². The van der Waals surface area contributed by atoms with Gasteiger partial charge in [0.25, 0.3) is 5.56 Å². The van der Waals surface area contributed by atoms with E-state index in [0.717, 1.165) is 17.0 Å². The molecular formula is C17H20N6O. The third kappa shape index (κ3) is 2.68. The van der Waals surface area contributed by atoms with Crippen molar-refractivity contribution < 1.29 is 0 Å². The average Bonchev–Trinajstić information content (AvgIpc) is 2.81. The van der Waals surface area contributed by atoms with Gasteiger partial charge < -0.3 is 0 Å². The first-order chi connectivity index (χ1) is 11.5.